The molecule has 5 nitrogen and oxygen atoms in total. The lowest BCUT2D eigenvalue weighted by Gasteiger charge is -1.99. The number of primary sulfonamides is 1. The van der Waals surface area contributed by atoms with Gasteiger partial charge in [0.15, 0.2) is 0 Å². The van der Waals surface area contributed by atoms with Crippen LogP contribution in [-0.4, -0.2) is 8.42 Å². The molecular weight excluding hydrogens is 192 g/mol. The molecule has 0 unspecified atom stereocenters. The molecule has 13 heavy (non-hydrogen) atoms. The Labute approximate surface area is 75.6 Å². The van der Waals surface area contributed by atoms with E-state index in [0.29, 0.717) is 5.56 Å². The number of rotatable bonds is 3. The SMILES string of the molecule is NS(=O)(=O)c1cccc(CN=O)c1. The Morgan fingerprint density at radius 3 is 2.62 bits per heavy atom. The van der Waals surface area contributed by atoms with Crippen molar-refractivity contribution in [3.8, 4) is 0 Å². The van der Waals surface area contributed by atoms with Gasteiger partial charge in [-0.2, -0.15) is 4.91 Å². The van der Waals surface area contributed by atoms with Crippen LogP contribution in [0.4, 0.5) is 0 Å². The van der Waals surface area contributed by atoms with Crippen LogP contribution in [0, 0.1) is 4.91 Å². The van der Waals surface area contributed by atoms with E-state index in [1.807, 2.05) is 0 Å². The maximum Gasteiger partial charge on any atom is 0.238 e. The first kappa shape index (κ1) is 9.82. The van der Waals surface area contributed by atoms with E-state index >= 15 is 0 Å². The Bertz CT molecular complexity index is 414. The van der Waals surface area contributed by atoms with Crippen molar-refractivity contribution in [3.63, 3.8) is 0 Å². The predicted octanol–water partition coefficient (Wildman–Crippen LogP) is 0.600. The minimum Gasteiger partial charge on any atom is -0.225 e. The number of hydrogen-bond donors (Lipinski definition) is 1. The fourth-order valence-corrected chi connectivity index (χ4v) is 1.48. The standard InChI is InChI=1S/C7H8N2O3S/c8-13(11,12)7-3-1-2-6(4-7)5-9-10/h1-4H,5H2,(H2,8,11,12). The average molecular weight is 200 g/mol. The van der Waals surface area contributed by atoms with Crippen molar-refractivity contribution in [2.24, 2.45) is 10.3 Å². The molecule has 2 N–H and O–H groups in total. The van der Waals surface area contributed by atoms with Gasteiger partial charge in [-0.05, 0) is 17.7 Å². The van der Waals surface area contributed by atoms with Gasteiger partial charge >= 0.3 is 0 Å². The molecule has 0 saturated heterocycles. The Kier molecular flexibility index (Phi) is 2.74. The highest BCUT2D eigenvalue weighted by Crippen LogP contribution is 2.10. The van der Waals surface area contributed by atoms with Crippen LogP contribution in [0.2, 0.25) is 0 Å². The van der Waals surface area contributed by atoms with E-state index in [4.69, 9.17) is 5.14 Å². The van der Waals surface area contributed by atoms with E-state index in [0.717, 1.165) is 0 Å². The molecule has 1 aromatic rings. The molecule has 0 bridgehead atoms. The van der Waals surface area contributed by atoms with Crippen LogP contribution >= 0.6 is 0 Å². The van der Waals surface area contributed by atoms with Crippen molar-refractivity contribution in [2.75, 3.05) is 0 Å². The lowest BCUT2D eigenvalue weighted by molar-refractivity contribution is 0.597. The quantitative estimate of drug-likeness (QED) is 0.724. The molecular formula is C7H8N2O3S. The highest BCUT2D eigenvalue weighted by Gasteiger charge is 2.07. The first-order valence-corrected chi connectivity index (χ1v) is 4.99. The van der Waals surface area contributed by atoms with Crippen molar-refractivity contribution >= 4 is 10.0 Å². The normalized spacial score (nSPS) is 11.2. The second-order valence-electron chi connectivity index (χ2n) is 2.48. The number of nitrogens with zero attached hydrogens (tertiary/aromatic N) is 1. The van der Waals surface area contributed by atoms with Gasteiger partial charge in [0.05, 0.1) is 4.90 Å². The minimum absolute atomic E-state index is 0.00588. The van der Waals surface area contributed by atoms with Gasteiger partial charge in [-0.3, -0.25) is 0 Å². The molecule has 0 fully saturated rings. The smallest absolute Gasteiger partial charge is 0.225 e. The average Bonchev–Trinajstić information content (AvgIpc) is 2.04. The van der Waals surface area contributed by atoms with Crippen molar-refractivity contribution in [2.45, 2.75) is 11.4 Å². The van der Waals surface area contributed by atoms with E-state index in [2.05, 4.69) is 5.18 Å². The lowest BCUT2D eigenvalue weighted by Crippen LogP contribution is -2.12. The van der Waals surface area contributed by atoms with Gasteiger partial charge in [-0.15, -0.1) is 0 Å². The molecule has 0 aliphatic heterocycles. The summed E-state index contributed by atoms with van der Waals surface area (Å²) in [5, 5.41) is 7.53. The molecule has 6 heteroatoms. The Morgan fingerprint density at radius 1 is 1.38 bits per heavy atom. The fourth-order valence-electron chi connectivity index (χ4n) is 0.895. The fraction of sp³-hybridized carbons (Fsp3) is 0.143. The molecule has 0 spiro atoms. The number of nitroso groups, excluding NO2 is 1. The highest BCUT2D eigenvalue weighted by atomic mass is 32.2. The summed E-state index contributed by atoms with van der Waals surface area (Å²) in [6.07, 6.45) is 0. The van der Waals surface area contributed by atoms with Gasteiger partial charge in [0.2, 0.25) is 10.0 Å². The molecule has 0 saturated carbocycles. The van der Waals surface area contributed by atoms with Crippen molar-refractivity contribution in [3.05, 3.63) is 34.7 Å². The highest BCUT2D eigenvalue weighted by molar-refractivity contribution is 7.89. The largest absolute Gasteiger partial charge is 0.238 e. The van der Waals surface area contributed by atoms with E-state index < -0.39 is 10.0 Å². The summed E-state index contributed by atoms with van der Waals surface area (Å²) >= 11 is 0. The van der Waals surface area contributed by atoms with Crippen LogP contribution < -0.4 is 5.14 Å². The maximum atomic E-state index is 10.9. The zero-order valence-electron chi connectivity index (χ0n) is 6.67. The number of hydrogen-bond acceptors (Lipinski definition) is 4. The maximum absolute atomic E-state index is 10.9. The minimum atomic E-state index is -3.69. The third-order valence-corrected chi connectivity index (χ3v) is 2.39. The summed E-state index contributed by atoms with van der Waals surface area (Å²) in [6, 6.07) is 5.82. The van der Waals surface area contributed by atoms with Gasteiger partial charge in [0, 0.05) is 0 Å². The van der Waals surface area contributed by atoms with Gasteiger partial charge in [0.25, 0.3) is 0 Å². The first-order chi connectivity index (χ1) is 6.04. The Balaban J connectivity index is 3.13. The molecule has 70 valence electrons. The molecule has 0 aliphatic rings. The third kappa shape index (κ3) is 2.60. The van der Waals surface area contributed by atoms with Crippen molar-refractivity contribution < 1.29 is 8.42 Å². The van der Waals surface area contributed by atoms with E-state index in [1.165, 1.54) is 18.2 Å². The number of benzene rings is 1. The first-order valence-electron chi connectivity index (χ1n) is 3.45. The summed E-state index contributed by atoms with van der Waals surface area (Å²) in [7, 11) is -3.69. The monoisotopic (exact) mass is 200 g/mol. The molecule has 1 rings (SSSR count). The van der Waals surface area contributed by atoms with Crippen LogP contribution in [0.5, 0.6) is 0 Å². The summed E-state index contributed by atoms with van der Waals surface area (Å²) in [6.45, 7) is -0.0522. The molecule has 0 amide bonds. The summed E-state index contributed by atoms with van der Waals surface area (Å²) in [5.41, 5.74) is 0.529. The molecule has 1 aromatic carbocycles. The number of nitrogens with two attached hydrogens (primary N) is 1. The van der Waals surface area contributed by atoms with E-state index in [-0.39, 0.29) is 11.4 Å². The summed E-state index contributed by atoms with van der Waals surface area (Å²) in [4.78, 5) is 9.90. The van der Waals surface area contributed by atoms with E-state index in [9.17, 15) is 13.3 Å². The second-order valence-corrected chi connectivity index (χ2v) is 4.04. The van der Waals surface area contributed by atoms with Crippen LogP contribution in [0.25, 0.3) is 0 Å². The third-order valence-electron chi connectivity index (χ3n) is 1.47. The Hall–Kier alpha value is -1.27. The topological polar surface area (TPSA) is 89.6 Å². The van der Waals surface area contributed by atoms with Crippen LogP contribution in [0.1, 0.15) is 5.56 Å². The molecule has 0 aromatic heterocycles. The van der Waals surface area contributed by atoms with E-state index in [1.54, 1.807) is 6.07 Å². The van der Waals surface area contributed by atoms with Gasteiger partial charge in [-0.25, -0.2) is 13.6 Å². The Morgan fingerprint density at radius 2 is 2.08 bits per heavy atom. The van der Waals surface area contributed by atoms with Gasteiger partial charge in [-0.1, -0.05) is 17.3 Å². The zero-order chi connectivity index (χ0) is 9.90. The molecule has 0 heterocycles. The van der Waals surface area contributed by atoms with Gasteiger partial charge in [0.1, 0.15) is 6.54 Å². The van der Waals surface area contributed by atoms with Crippen LogP contribution in [0.15, 0.2) is 34.3 Å². The lowest BCUT2D eigenvalue weighted by atomic mass is 10.2. The van der Waals surface area contributed by atoms with Crippen molar-refractivity contribution in [1.29, 1.82) is 0 Å². The van der Waals surface area contributed by atoms with Crippen LogP contribution in [0.3, 0.4) is 0 Å². The summed E-state index contributed by atoms with van der Waals surface area (Å²) in [5.74, 6) is 0. The molecule has 0 atom stereocenters. The molecule has 0 radical (unpaired) electrons. The zero-order valence-corrected chi connectivity index (χ0v) is 7.49. The van der Waals surface area contributed by atoms with Gasteiger partial charge < -0.3 is 0 Å². The number of sulfonamides is 1. The molecule has 0 aliphatic carbocycles. The van der Waals surface area contributed by atoms with Crippen molar-refractivity contribution in [1.82, 2.24) is 0 Å². The summed E-state index contributed by atoms with van der Waals surface area (Å²) < 4.78 is 21.7. The second kappa shape index (κ2) is 3.63. The predicted molar refractivity (Wildman–Crippen MR) is 47.3 cm³/mol. The van der Waals surface area contributed by atoms with Crippen LogP contribution in [-0.2, 0) is 16.6 Å².